The fourth-order valence-corrected chi connectivity index (χ4v) is 1.92. The summed E-state index contributed by atoms with van der Waals surface area (Å²) in [5.41, 5.74) is 0.0334. The predicted molar refractivity (Wildman–Crippen MR) is 57.4 cm³/mol. The van der Waals surface area contributed by atoms with Crippen LogP contribution in [-0.2, 0) is 0 Å². The van der Waals surface area contributed by atoms with Gasteiger partial charge in [-0.25, -0.2) is 19.7 Å². The Kier molecular flexibility index (Phi) is 3.11. The summed E-state index contributed by atoms with van der Waals surface area (Å²) in [7, 11) is 0. The molecule has 80 valence electrons. The molecule has 0 bridgehead atoms. The van der Waals surface area contributed by atoms with Crippen LogP contribution in [0.25, 0.3) is 0 Å². The maximum atomic E-state index is 10.9. The van der Waals surface area contributed by atoms with Crippen LogP contribution in [0, 0.1) is 0 Å². The van der Waals surface area contributed by atoms with Gasteiger partial charge in [0.15, 0.2) is 5.69 Å². The fraction of sp³-hybridized carbons (Fsp3) is 0. The number of aromatic nitrogens is 3. The predicted octanol–water partition coefficient (Wildman–Crippen LogP) is 1.72. The molecule has 0 atom stereocenters. The first-order chi connectivity index (χ1) is 7.77. The molecule has 0 radical (unpaired) electrons. The van der Waals surface area contributed by atoms with Crippen molar-refractivity contribution < 1.29 is 9.90 Å². The van der Waals surface area contributed by atoms with E-state index in [0.29, 0.717) is 9.92 Å². The molecule has 0 saturated carbocycles. The molecule has 5 nitrogen and oxygen atoms in total. The molecule has 0 amide bonds. The molecule has 0 unspecified atom stereocenters. The van der Waals surface area contributed by atoms with Crippen LogP contribution in [-0.4, -0.2) is 26.0 Å². The van der Waals surface area contributed by atoms with E-state index >= 15 is 0 Å². The van der Waals surface area contributed by atoms with E-state index in [2.05, 4.69) is 15.0 Å². The smallest absolute Gasteiger partial charge is 0.355 e. The molecule has 0 fully saturated rings. The lowest BCUT2D eigenvalue weighted by Crippen LogP contribution is -2.01. The average Bonchev–Trinajstić information content (AvgIpc) is 2.31. The van der Waals surface area contributed by atoms with Crippen LogP contribution in [0.15, 0.2) is 46.8 Å². The van der Waals surface area contributed by atoms with Crippen molar-refractivity contribution in [1.82, 2.24) is 15.0 Å². The Labute approximate surface area is 95.6 Å². The largest absolute Gasteiger partial charge is 0.476 e. The Morgan fingerprint density at radius 1 is 1.25 bits per heavy atom. The minimum Gasteiger partial charge on any atom is -0.476 e. The summed E-state index contributed by atoms with van der Waals surface area (Å²) in [6.45, 7) is 0. The average molecular weight is 233 g/mol. The second-order valence-corrected chi connectivity index (χ2v) is 3.87. The highest BCUT2D eigenvalue weighted by Gasteiger charge is 2.12. The quantitative estimate of drug-likeness (QED) is 0.813. The van der Waals surface area contributed by atoms with Crippen LogP contribution in [0.1, 0.15) is 10.5 Å². The molecule has 6 heteroatoms. The lowest BCUT2D eigenvalue weighted by molar-refractivity contribution is 0.0686. The van der Waals surface area contributed by atoms with Crippen LogP contribution in [0.3, 0.4) is 0 Å². The van der Waals surface area contributed by atoms with Gasteiger partial charge in [0, 0.05) is 17.3 Å². The van der Waals surface area contributed by atoms with Crippen molar-refractivity contribution in [2.45, 2.75) is 9.92 Å². The minimum absolute atomic E-state index is 0.0334. The molecule has 0 aliphatic carbocycles. The molecule has 1 N–H and O–H groups in total. The number of carboxylic acid groups (broad SMARTS) is 1. The van der Waals surface area contributed by atoms with Gasteiger partial charge in [-0.3, -0.25) is 0 Å². The summed E-state index contributed by atoms with van der Waals surface area (Å²) in [5, 5.41) is 9.62. The number of aromatic carboxylic acids is 1. The molecule has 0 aromatic carbocycles. The Hall–Kier alpha value is -1.95. The van der Waals surface area contributed by atoms with Gasteiger partial charge in [0.2, 0.25) is 0 Å². The number of carboxylic acids is 1. The molecule has 16 heavy (non-hydrogen) atoms. The normalized spacial score (nSPS) is 10.0. The van der Waals surface area contributed by atoms with Crippen LogP contribution < -0.4 is 0 Å². The number of hydrogen-bond donors (Lipinski definition) is 1. The molecular weight excluding hydrogens is 226 g/mol. The zero-order chi connectivity index (χ0) is 11.4. The Morgan fingerprint density at radius 2 is 2.12 bits per heavy atom. The maximum Gasteiger partial charge on any atom is 0.355 e. The third-order valence-corrected chi connectivity index (χ3v) is 2.74. The van der Waals surface area contributed by atoms with Gasteiger partial charge < -0.3 is 5.11 Å². The van der Waals surface area contributed by atoms with Crippen LogP contribution in [0.4, 0.5) is 0 Å². The summed E-state index contributed by atoms with van der Waals surface area (Å²) in [4.78, 5) is 23.1. The van der Waals surface area contributed by atoms with Gasteiger partial charge in [0.25, 0.3) is 0 Å². The third kappa shape index (κ3) is 2.34. The summed E-state index contributed by atoms with van der Waals surface area (Å²) >= 11 is 1.25. The van der Waals surface area contributed by atoms with Gasteiger partial charge in [0.05, 0.1) is 0 Å². The molecule has 2 heterocycles. The second kappa shape index (κ2) is 4.71. The summed E-state index contributed by atoms with van der Waals surface area (Å²) in [5.74, 6) is -1.04. The number of rotatable bonds is 3. The van der Waals surface area contributed by atoms with Gasteiger partial charge in [-0.15, -0.1) is 0 Å². The molecule has 2 aromatic rings. The molecule has 2 rings (SSSR count). The summed E-state index contributed by atoms with van der Waals surface area (Å²) < 4.78 is 0. The topological polar surface area (TPSA) is 76.0 Å². The number of pyridine rings is 1. The molecule has 0 aliphatic heterocycles. The van der Waals surface area contributed by atoms with Crippen molar-refractivity contribution in [2.24, 2.45) is 0 Å². The Balaban J connectivity index is 2.31. The van der Waals surface area contributed by atoms with Gasteiger partial charge in [-0.05, 0) is 18.2 Å². The minimum atomic E-state index is -1.04. The maximum absolute atomic E-state index is 10.9. The SMILES string of the molecule is O=C(O)c1ncccc1Sc1ccncn1. The molecule has 2 aromatic heterocycles. The van der Waals surface area contributed by atoms with Gasteiger partial charge in [-0.2, -0.15) is 0 Å². The zero-order valence-electron chi connectivity index (χ0n) is 8.07. The fourth-order valence-electron chi connectivity index (χ4n) is 1.09. The summed E-state index contributed by atoms with van der Waals surface area (Å²) in [6, 6.07) is 5.10. The van der Waals surface area contributed by atoms with E-state index in [1.165, 1.54) is 24.3 Å². The van der Waals surface area contributed by atoms with Crippen molar-refractivity contribution in [3.05, 3.63) is 42.6 Å². The number of carbonyl (C=O) groups is 1. The van der Waals surface area contributed by atoms with E-state index in [0.717, 1.165) is 0 Å². The molecular formula is C10H7N3O2S. The first kappa shape index (κ1) is 10.6. The highest BCUT2D eigenvalue weighted by atomic mass is 32.2. The van der Waals surface area contributed by atoms with Gasteiger partial charge in [-0.1, -0.05) is 11.8 Å². The second-order valence-electron chi connectivity index (χ2n) is 2.80. The third-order valence-electron chi connectivity index (χ3n) is 1.74. The first-order valence-electron chi connectivity index (χ1n) is 4.39. The van der Waals surface area contributed by atoms with Crippen LogP contribution in [0.2, 0.25) is 0 Å². The Morgan fingerprint density at radius 3 is 2.81 bits per heavy atom. The molecule has 0 saturated heterocycles. The van der Waals surface area contributed by atoms with E-state index in [1.807, 2.05) is 0 Å². The highest BCUT2D eigenvalue weighted by Crippen LogP contribution is 2.27. The van der Waals surface area contributed by atoms with Gasteiger partial charge in [0.1, 0.15) is 11.4 Å². The Bertz CT molecular complexity index is 504. The number of nitrogens with zero attached hydrogens (tertiary/aromatic N) is 3. The van der Waals surface area contributed by atoms with E-state index in [4.69, 9.17) is 5.11 Å². The van der Waals surface area contributed by atoms with E-state index in [9.17, 15) is 4.79 Å². The number of hydrogen-bond acceptors (Lipinski definition) is 5. The van der Waals surface area contributed by atoms with Crippen molar-refractivity contribution in [2.75, 3.05) is 0 Å². The highest BCUT2D eigenvalue weighted by molar-refractivity contribution is 7.99. The lowest BCUT2D eigenvalue weighted by atomic mass is 10.3. The standard InChI is InChI=1S/C10H7N3O2S/c14-10(15)9-7(2-1-4-12-9)16-8-3-5-11-6-13-8/h1-6H,(H,14,15). The van der Waals surface area contributed by atoms with E-state index in [-0.39, 0.29) is 5.69 Å². The van der Waals surface area contributed by atoms with Crippen LogP contribution in [0.5, 0.6) is 0 Å². The molecule has 0 aliphatic rings. The lowest BCUT2D eigenvalue weighted by Gasteiger charge is -2.02. The van der Waals surface area contributed by atoms with Crippen molar-refractivity contribution >= 4 is 17.7 Å². The van der Waals surface area contributed by atoms with Crippen LogP contribution >= 0.6 is 11.8 Å². The first-order valence-corrected chi connectivity index (χ1v) is 5.21. The zero-order valence-corrected chi connectivity index (χ0v) is 8.89. The summed E-state index contributed by atoms with van der Waals surface area (Å²) in [6.07, 6.45) is 4.47. The van der Waals surface area contributed by atoms with Crippen molar-refractivity contribution in [3.63, 3.8) is 0 Å². The van der Waals surface area contributed by atoms with Crippen molar-refractivity contribution in [3.8, 4) is 0 Å². The van der Waals surface area contributed by atoms with E-state index < -0.39 is 5.97 Å². The van der Waals surface area contributed by atoms with Gasteiger partial charge >= 0.3 is 5.97 Å². The monoisotopic (exact) mass is 233 g/mol. The molecule has 0 spiro atoms. The van der Waals surface area contributed by atoms with E-state index in [1.54, 1.807) is 24.4 Å². The van der Waals surface area contributed by atoms with Crippen molar-refractivity contribution in [1.29, 1.82) is 0 Å².